The Labute approximate surface area is 120 Å². The fourth-order valence-electron chi connectivity index (χ4n) is 3.84. The summed E-state index contributed by atoms with van der Waals surface area (Å²) in [6.07, 6.45) is 6.31. The van der Waals surface area contributed by atoms with Crippen LogP contribution in [-0.4, -0.2) is 21.0 Å². The molecule has 0 saturated heterocycles. The van der Waals surface area contributed by atoms with Crippen LogP contribution in [0, 0.1) is 5.41 Å². The standard InChI is InChI=1S/C17H24N2O/c1-3-17(10-6-7-11-17)16(20)12-14-13-8-4-5-9-15(13)19(2)18-14/h4-5,8-9,16,20H,3,6-7,10-12H2,1-2H3. The molecule has 1 aliphatic rings. The van der Waals surface area contributed by atoms with E-state index in [1.165, 1.54) is 18.2 Å². The molecule has 1 saturated carbocycles. The highest BCUT2D eigenvalue weighted by atomic mass is 16.3. The molecule has 1 heterocycles. The van der Waals surface area contributed by atoms with Gasteiger partial charge in [-0.25, -0.2) is 0 Å². The molecule has 3 nitrogen and oxygen atoms in total. The van der Waals surface area contributed by atoms with Crippen molar-refractivity contribution >= 4 is 10.9 Å². The SMILES string of the molecule is CCC1(C(O)Cc2nn(C)c3ccccc23)CCCC1. The molecule has 1 atom stereocenters. The maximum Gasteiger partial charge on any atom is 0.0729 e. The highest BCUT2D eigenvalue weighted by molar-refractivity contribution is 5.81. The second-order valence-electron chi connectivity index (χ2n) is 6.23. The zero-order chi connectivity index (χ0) is 14.2. The Kier molecular flexibility index (Phi) is 3.55. The molecule has 3 heteroatoms. The van der Waals surface area contributed by atoms with Gasteiger partial charge in [0.25, 0.3) is 0 Å². The summed E-state index contributed by atoms with van der Waals surface area (Å²) in [5.41, 5.74) is 2.31. The summed E-state index contributed by atoms with van der Waals surface area (Å²) in [6, 6.07) is 8.28. The molecular formula is C17H24N2O. The molecule has 1 fully saturated rings. The van der Waals surface area contributed by atoms with Crippen LogP contribution in [-0.2, 0) is 13.5 Å². The molecule has 20 heavy (non-hydrogen) atoms. The van der Waals surface area contributed by atoms with Gasteiger partial charge in [0, 0.05) is 18.9 Å². The molecule has 1 aromatic heterocycles. The van der Waals surface area contributed by atoms with Crippen LogP contribution in [0.15, 0.2) is 24.3 Å². The van der Waals surface area contributed by atoms with E-state index in [4.69, 9.17) is 0 Å². The average Bonchev–Trinajstić information content (AvgIpc) is 3.06. The number of para-hydroxylation sites is 1. The lowest BCUT2D eigenvalue weighted by Crippen LogP contribution is -2.34. The Morgan fingerprint density at radius 1 is 1.30 bits per heavy atom. The number of aliphatic hydroxyl groups is 1. The summed E-state index contributed by atoms with van der Waals surface area (Å²) in [4.78, 5) is 0. The molecule has 1 aromatic carbocycles. The van der Waals surface area contributed by atoms with Gasteiger partial charge in [-0.1, -0.05) is 38.0 Å². The Morgan fingerprint density at radius 3 is 2.70 bits per heavy atom. The number of hydrogen-bond acceptors (Lipinski definition) is 2. The number of benzene rings is 1. The van der Waals surface area contributed by atoms with E-state index in [2.05, 4.69) is 24.2 Å². The summed E-state index contributed by atoms with van der Waals surface area (Å²) in [7, 11) is 1.98. The Morgan fingerprint density at radius 2 is 2.00 bits per heavy atom. The van der Waals surface area contributed by atoms with E-state index in [0.29, 0.717) is 6.42 Å². The van der Waals surface area contributed by atoms with Crippen LogP contribution in [0.25, 0.3) is 10.9 Å². The van der Waals surface area contributed by atoms with Gasteiger partial charge in [-0.05, 0) is 30.7 Å². The molecule has 0 aliphatic heterocycles. The number of fused-ring (bicyclic) bond motifs is 1. The highest BCUT2D eigenvalue weighted by Gasteiger charge is 2.39. The topological polar surface area (TPSA) is 38.1 Å². The predicted octanol–water partition coefficient (Wildman–Crippen LogP) is 3.45. The van der Waals surface area contributed by atoms with Crippen LogP contribution in [0.4, 0.5) is 0 Å². The lowest BCUT2D eigenvalue weighted by Gasteiger charge is -2.33. The third kappa shape index (κ3) is 2.14. The van der Waals surface area contributed by atoms with Crippen molar-refractivity contribution in [3.05, 3.63) is 30.0 Å². The smallest absolute Gasteiger partial charge is 0.0729 e. The summed E-state index contributed by atoms with van der Waals surface area (Å²) in [6.45, 7) is 2.21. The number of aryl methyl sites for hydroxylation is 1. The maximum atomic E-state index is 10.8. The Hall–Kier alpha value is -1.35. The molecular weight excluding hydrogens is 248 g/mol. The minimum atomic E-state index is -0.270. The number of nitrogens with zero attached hydrogens (tertiary/aromatic N) is 2. The fraction of sp³-hybridized carbons (Fsp3) is 0.588. The molecule has 3 rings (SSSR count). The van der Waals surface area contributed by atoms with Gasteiger partial charge < -0.3 is 5.11 Å². The molecule has 2 aromatic rings. The van der Waals surface area contributed by atoms with E-state index < -0.39 is 0 Å². The average molecular weight is 272 g/mol. The summed E-state index contributed by atoms with van der Waals surface area (Å²) in [5.74, 6) is 0. The minimum absolute atomic E-state index is 0.124. The van der Waals surface area contributed by atoms with Crippen molar-refractivity contribution in [2.45, 2.75) is 51.6 Å². The zero-order valence-corrected chi connectivity index (χ0v) is 12.5. The quantitative estimate of drug-likeness (QED) is 0.925. The van der Waals surface area contributed by atoms with Crippen LogP contribution < -0.4 is 0 Å². The van der Waals surface area contributed by atoms with Crippen molar-refractivity contribution in [3.8, 4) is 0 Å². The van der Waals surface area contributed by atoms with E-state index in [-0.39, 0.29) is 11.5 Å². The van der Waals surface area contributed by atoms with E-state index in [0.717, 1.165) is 30.5 Å². The first-order valence-electron chi connectivity index (χ1n) is 7.75. The molecule has 1 aliphatic carbocycles. The summed E-state index contributed by atoms with van der Waals surface area (Å²) in [5, 5.41) is 16.6. The predicted molar refractivity (Wildman–Crippen MR) is 81.6 cm³/mol. The Bertz CT molecular complexity index is 596. The van der Waals surface area contributed by atoms with Crippen molar-refractivity contribution in [2.24, 2.45) is 12.5 Å². The first-order chi connectivity index (χ1) is 9.66. The Balaban J connectivity index is 1.89. The highest BCUT2D eigenvalue weighted by Crippen LogP contribution is 2.44. The van der Waals surface area contributed by atoms with E-state index in [1.807, 2.05) is 23.9 Å². The summed E-state index contributed by atoms with van der Waals surface area (Å²) >= 11 is 0. The third-order valence-electron chi connectivity index (χ3n) is 5.23. The molecule has 0 bridgehead atoms. The van der Waals surface area contributed by atoms with Crippen molar-refractivity contribution in [2.75, 3.05) is 0 Å². The van der Waals surface area contributed by atoms with Gasteiger partial charge >= 0.3 is 0 Å². The van der Waals surface area contributed by atoms with Gasteiger partial charge in [0.1, 0.15) is 0 Å². The number of aliphatic hydroxyl groups excluding tert-OH is 1. The first-order valence-corrected chi connectivity index (χ1v) is 7.75. The van der Waals surface area contributed by atoms with Crippen molar-refractivity contribution in [1.82, 2.24) is 9.78 Å². The first kappa shape index (κ1) is 13.6. The molecule has 0 amide bonds. The lowest BCUT2D eigenvalue weighted by molar-refractivity contribution is 0.0252. The molecule has 108 valence electrons. The van der Waals surface area contributed by atoms with Crippen LogP contribution in [0.3, 0.4) is 0 Å². The molecule has 0 radical (unpaired) electrons. The summed E-state index contributed by atoms with van der Waals surface area (Å²) < 4.78 is 1.92. The number of rotatable bonds is 4. The minimum Gasteiger partial charge on any atom is -0.392 e. The monoisotopic (exact) mass is 272 g/mol. The van der Waals surface area contributed by atoms with Crippen LogP contribution in [0.2, 0.25) is 0 Å². The van der Waals surface area contributed by atoms with Crippen molar-refractivity contribution in [1.29, 1.82) is 0 Å². The zero-order valence-electron chi connectivity index (χ0n) is 12.5. The second kappa shape index (κ2) is 5.21. The molecule has 0 spiro atoms. The van der Waals surface area contributed by atoms with Gasteiger partial charge in [-0.15, -0.1) is 0 Å². The van der Waals surface area contributed by atoms with Crippen LogP contribution in [0.5, 0.6) is 0 Å². The fourth-order valence-corrected chi connectivity index (χ4v) is 3.84. The lowest BCUT2D eigenvalue weighted by atomic mass is 9.76. The van der Waals surface area contributed by atoms with Crippen LogP contribution in [0.1, 0.15) is 44.7 Å². The number of hydrogen-bond donors (Lipinski definition) is 1. The van der Waals surface area contributed by atoms with E-state index in [9.17, 15) is 5.11 Å². The number of aromatic nitrogens is 2. The van der Waals surface area contributed by atoms with E-state index in [1.54, 1.807) is 0 Å². The van der Waals surface area contributed by atoms with Gasteiger partial charge in [0.2, 0.25) is 0 Å². The largest absolute Gasteiger partial charge is 0.392 e. The van der Waals surface area contributed by atoms with E-state index >= 15 is 0 Å². The third-order valence-corrected chi connectivity index (χ3v) is 5.23. The molecule has 1 N–H and O–H groups in total. The van der Waals surface area contributed by atoms with Gasteiger partial charge in [-0.2, -0.15) is 5.10 Å². The maximum absolute atomic E-state index is 10.8. The van der Waals surface area contributed by atoms with Gasteiger partial charge in [-0.3, -0.25) is 4.68 Å². The van der Waals surface area contributed by atoms with Crippen molar-refractivity contribution in [3.63, 3.8) is 0 Å². The normalized spacial score (nSPS) is 19.6. The molecule has 1 unspecified atom stereocenters. The van der Waals surface area contributed by atoms with Crippen LogP contribution >= 0.6 is 0 Å². The van der Waals surface area contributed by atoms with Crippen molar-refractivity contribution < 1.29 is 5.11 Å². The van der Waals surface area contributed by atoms with Gasteiger partial charge in [0.05, 0.1) is 17.3 Å². The van der Waals surface area contributed by atoms with Gasteiger partial charge in [0.15, 0.2) is 0 Å². The second-order valence-corrected chi connectivity index (χ2v) is 6.23.